The lowest BCUT2D eigenvalue weighted by molar-refractivity contribution is -0.605. The Morgan fingerprint density at radius 2 is 1.56 bits per heavy atom. The fraction of sp³-hybridized carbons (Fsp3) is 0.200. The molecular formula is C25H20F4N2O4S. The molecule has 0 fully saturated rings. The van der Waals surface area contributed by atoms with Crippen LogP contribution < -0.4 is 14.2 Å². The summed E-state index contributed by atoms with van der Waals surface area (Å²) in [6.07, 6.45) is 3.59. The minimum atomic E-state index is -3.25. The van der Waals surface area contributed by atoms with Gasteiger partial charge in [-0.05, 0) is 35.2 Å². The van der Waals surface area contributed by atoms with Crippen molar-refractivity contribution in [2.24, 2.45) is 0 Å². The lowest BCUT2D eigenvalue weighted by atomic mass is 9.91. The molecule has 4 aromatic rings. The van der Waals surface area contributed by atoms with Gasteiger partial charge < -0.3 is 19.8 Å². The summed E-state index contributed by atoms with van der Waals surface area (Å²) in [5, 5.41) is 22.6. The van der Waals surface area contributed by atoms with Gasteiger partial charge in [0.2, 0.25) is 0 Å². The van der Waals surface area contributed by atoms with Gasteiger partial charge in [0.15, 0.2) is 23.9 Å². The van der Waals surface area contributed by atoms with Crippen LogP contribution in [-0.4, -0.2) is 23.3 Å². The number of benzene rings is 2. The standard InChI is InChI=1S/C25H20F4N2O4S/c26-24(27)34-19-7-6-17(13-20(19)35-25(28)29)18(12-15-8-10-31(33)11-9-15)21-14-30-23(36-21)22(32)16-4-2-1-3-5-16/h1-11,13-14,18,22,24-25,32H,12H2. The summed E-state index contributed by atoms with van der Waals surface area (Å²) in [5.74, 6) is -1.54. The average Bonchev–Trinajstić information content (AvgIpc) is 3.34. The molecule has 0 saturated carbocycles. The van der Waals surface area contributed by atoms with E-state index in [2.05, 4.69) is 14.5 Å². The molecule has 0 amide bonds. The molecule has 2 atom stereocenters. The number of rotatable bonds is 10. The van der Waals surface area contributed by atoms with Crippen LogP contribution in [0.1, 0.15) is 38.6 Å². The van der Waals surface area contributed by atoms with Crippen LogP contribution in [0.5, 0.6) is 11.5 Å². The number of alkyl halides is 4. The van der Waals surface area contributed by atoms with Crippen molar-refractivity contribution in [1.82, 2.24) is 4.98 Å². The van der Waals surface area contributed by atoms with Gasteiger partial charge in [-0.1, -0.05) is 36.4 Å². The second-order valence-corrected chi connectivity index (χ2v) is 8.79. The van der Waals surface area contributed by atoms with Crippen LogP contribution in [0.25, 0.3) is 0 Å². The number of ether oxygens (including phenoxy) is 2. The number of nitrogens with zero attached hydrogens (tertiary/aromatic N) is 2. The third-order valence-electron chi connectivity index (χ3n) is 5.35. The first kappa shape index (κ1) is 25.4. The van der Waals surface area contributed by atoms with Crippen molar-refractivity contribution in [1.29, 1.82) is 0 Å². The first-order valence-corrected chi connectivity index (χ1v) is 11.5. The third kappa shape index (κ3) is 6.29. The van der Waals surface area contributed by atoms with E-state index in [0.29, 0.717) is 32.2 Å². The molecule has 11 heteroatoms. The Balaban J connectivity index is 1.73. The maximum Gasteiger partial charge on any atom is 0.387 e. The van der Waals surface area contributed by atoms with E-state index >= 15 is 0 Å². The highest BCUT2D eigenvalue weighted by molar-refractivity contribution is 7.11. The van der Waals surface area contributed by atoms with E-state index in [-0.39, 0.29) is 0 Å². The zero-order chi connectivity index (χ0) is 25.7. The van der Waals surface area contributed by atoms with Gasteiger partial charge >= 0.3 is 13.2 Å². The summed E-state index contributed by atoms with van der Waals surface area (Å²) in [6, 6.07) is 16.0. The molecule has 0 radical (unpaired) electrons. The van der Waals surface area contributed by atoms with Gasteiger partial charge in [-0.2, -0.15) is 22.3 Å². The van der Waals surface area contributed by atoms with E-state index in [1.165, 1.54) is 35.9 Å². The molecule has 0 aliphatic rings. The molecule has 2 aromatic heterocycles. The van der Waals surface area contributed by atoms with Gasteiger partial charge in [-0.25, -0.2) is 4.98 Å². The topological polar surface area (TPSA) is 78.5 Å². The summed E-state index contributed by atoms with van der Waals surface area (Å²) in [7, 11) is 0. The fourth-order valence-electron chi connectivity index (χ4n) is 3.69. The van der Waals surface area contributed by atoms with Crippen LogP contribution >= 0.6 is 11.3 Å². The molecule has 188 valence electrons. The number of aliphatic hydroxyl groups is 1. The monoisotopic (exact) mass is 520 g/mol. The van der Waals surface area contributed by atoms with Gasteiger partial charge in [-0.15, -0.1) is 11.3 Å². The van der Waals surface area contributed by atoms with Gasteiger partial charge in [-0.3, -0.25) is 0 Å². The lowest BCUT2D eigenvalue weighted by Crippen LogP contribution is -2.24. The molecule has 0 bridgehead atoms. The minimum Gasteiger partial charge on any atom is -0.619 e. The van der Waals surface area contributed by atoms with Crippen LogP contribution in [0.3, 0.4) is 0 Å². The summed E-state index contributed by atoms with van der Waals surface area (Å²) in [5.41, 5.74) is 1.88. The summed E-state index contributed by atoms with van der Waals surface area (Å²) in [4.78, 5) is 5.05. The highest BCUT2D eigenvalue weighted by atomic mass is 32.1. The van der Waals surface area contributed by atoms with E-state index < -0.39 is 36.7 Å². The molecule has 0 aliphatic heterocycles. The Morgan fingerprint density at radius 3 is 2.22 bits per heavy atom. The predicted molar refractivity (Wildman–Crippen MR) is 123 cm³/mol. The van der Waals surface area contributed by atoms with Crippen molar-refractivity contribution in [3.05, 3.63) is 111 Å². The number of aromatic nitrogens is 2. The quantitative estimate of drug-likeness (QED) is 0.171. The van der Waals surface area contributed by atoms with E-state index in [0.717, 1.165) is 11.6 Å². The highest BCUT2D eigenvalue weighted by Crippen LogP contribution is 2.39. The number of thiazole rings is 1. The molecule has 0 spiro atoms. The van der Waals surface area contributed by atoms with Crippen molar-refractivity contribution in [3.8, 4) is 11.5 Å². The molecule has 2 unspecified atom stereocenters. The predicted octanol–water partition coefficient (Wildman–Crippen LogP) is 5.44. The molecular weight excluding hydrogens is 500 g/mol. The van der Waals surface area contributed by atoms with Crippen molar-refractivity contribution in [2.45, 2.75) is 31.7 Å². The van der Waals surface area contributed by atoms with Crippen molar-refractivity contribution in [3.63, 3.8) is 0 Å². The van der Waals surface area contributed by atoms with Crippen LogP contribution in [0.2, 0.25) is 0 Å². The average molecular weight is 521 g/mol. The van der Waals surface area contributed by atoms with E-state index in [1.807, 2.05) is 6.07 Å². The number of hydrogen-bond acceptors (Lipinski definition) is 6. The number of aliphatic hydroxyl groups excluding tert-OH is 1. The summed E-state index contributed by atoms with van der Waals surface area (Å²) >= 11 is 1.23. The fourth-order valence-corrected chi connectivity index (χ4v) is 4.75. The third-order valence-corrected chi connectivity index (χ3v) is 6.51. The normalized spacial score (nSPS) is 13.1. The van der Waals surface area contributed by atoms with E-state index in [9.17, 15) is 27.9 Å². The van der Waals surface area contributed by atoms with Crippen molar-refractivity contribution in [2.75, 3.05) is 0 Å². The number of hydrogen-bond donors (Lipinski definition) is 1. The smallest absolute Gasteiger partial charge is 0.387 e. The van der Waals surface area contributed by atoms with Gasteiger partial charge in [0.25, 0.3) is 0 Å². The van der Waals surface area contributed by atoms with E-state index in [4.69, 9.17) is 0 Å². The second kappa shape index (κ2) is 11.4. The summed E-state index contributed by atoms with van der Waals surface area (Å²) < 4.78 is 61.0. The highest BCUT2D eigenvalue weighted by Gasteiger charge is 2.24. The van der Waals surface area contributed by atoms with Crippen LogP contribution in [-0.2, 0) is 6.42 Å². The van der Waals surface area contributed by atoms with E-state index in [1.54, 1.807) is 42.6 Å². The van der Waals surface area contributed by atoms with Gasteiger partial charge in [0.05, 0.1) is 0 Å². The van der Waals surface area contributed by atoms with Crippen molar-refractivity contribution < 1.29 is 36.9 Å². The Labute approximate surface area is 207 Å². The van der Waals surface area contributed by atoms with Crippen LogP contribution in [0.4, 0.5) is 17.6 Å². The maximum atomic E-state index is 13.0. The molecule has 1 N–H and O–H groups in total. The summed E-state index contributed by atoms with van der Waals surface area (Å²) in [6.45, 7) is -6.48. The zero-order valence-electron chi connectivity index (χ0n) is 18.5. The Bertz CT molecular complexity index is 1270. The number of pyridine rings is 1. The molecule has 36 heavy (non-hydrogen) atoms. The van der Waals surface area contributed by atoms with Gasteiger partial charge in [0, 0.05) is 29.1 Å². The molecule has 2 aromatic carbocycles. The zero-order valence-corrected chi connectivity index (χ0v) is 19.3. The minimum absolute atomic E-state index is 0.326. The molecule has 2 heterocycles. The molecule has 0 saturated heterocycles. The maximum absolute atomic E-state index is 13.0. The molecule has 6 nitrogen and oxygen atoms in total. The van der Waals surface area contributed by atoms with Crippen LogP contribution in [0, 0.1) is 5.21 Å². The first-order chi connectivity index (χ1) is 17.3. The van der Waals surface area contributed by atoms with Crippen LogP contribution in [0.15, 0.2) is 79.3 Å². The SMILES string of the molecule is [O-][n+]1ccc(CC(c2ccc(OC(F)F)c(OC(F)F)c2)c2cnc(C(O)c3ccccc3)s2)cc1. The first-order valence-electron chi connectivity index (χ1n) is 10.7. The largest absolute Gasteiger partial charge is 0.619 e. The second-order valence-electron chi connectivity index (χ2n) is 7.70. The Hall–Kier alpha value is -3.70. The molecule has 4 rings (SSSR count). The molecule has 0 aliphatic carbocycles. The Morgan fingerprint density at radius 1 is 0.889 bits per heavy atom. The van der Waals surface area contributed by atoms with Gasteiger partial charge in [0.1, 0.15) is 11.1 Å². The van der Waals surface area contributed by atoms with Crippen molar-refractivity contribution >= 4 is 11.3 Å². The Kier molecular flexibility index (Phi) is 8.01. The number of halogens is 4. The lowest BCUT2D eigenvalue weighted by Gasteiger charge is -2.19.